The summed E-state index contributed by atoms with van der Waals surface area (Å²) in [6.45, 7) is 2.08. The van der Waals surface area contributed by atoms with Crippen LogP contribution in [0.5, 0.6) is 0 Å². The molecule has 17 heavy (non-hydrogen) atoms. The monoisotopic (exact) mass is 365 g/mol. The Kier molecular flexibility index (Phi) is 4.10. The van der Waals surface area contributed by atoms with Gasteiger partial charge in [-0.1, -0.05) is 12.1 Å². The highest BCUT2D eigenvalue weighted by molar-refractivity contribution is 14.1. The minimum absolute atomic E-state index is 0.106. The average Bonchev–Trinajstić information content (AvgIpc) is 2.59. The van der Waals surface area contributed by atoms with Crippen LogP contribution < -0.4 is 5.32 Å². The molecular formula is C12H16INO2S. The Bertz CT molecular complexity index is 484. The van der Waals surface area contributed by atoms with E-state index in [9.17, 15) is 8.42 Å². The van der Waals surface area contributed by atoms with Crippen molar-refractivity contribution in [2.45, 2.75) is 25.4 Å². The van der Waals surface area contributed by atoms with Crippen LogP contribution in [0.25, 0.3) is 0 Å². The highest BCUT2D eigenvalue weighted by Crippen LogP contribution is 2.18. The van der Waals surface area contributed by atoms with Gasteiger partial charge in [-0.2, -0.15) is 0 Å². The number of nitrogens with one attached hydrogen (secondary N) is 1. The molecule has 1 saturated heterocycles. The van der Waals surface area contributed by atoms with Crippen molar-refractivity contribution in [2.24, 2.45) is 0 Å². The van der Waals surface area contributed by atoms with Crippen LogP contribution in [0.1, 0.15) is 24.9 Å². The summed E-state index contributed by atoms with van der Waals surface area (Å²) in [5.41, 5.74) is 1.20. The first-order valence-electron chi connectivity index (χ1n) is 5.68. The number of sulfone groups is 1. The van der Waals surface area contributed by atoms with E-state index >= 15 is 0 Å². The molecule has 94 valence electrons. The fourth-order valence-corrected chi connectivity index (χ4v) is 4.17. The lowest BCUT2D eigenvalue weighted by atomic mass is 10.1. The Morgan fingerprint density at radius 2 is 2.00 bits per heavy atom. The smallest absolute Gasteiger partial charge is 0.151 e. The maximum atomic E-state index is 11.4. The first-order chi connectivity index (χ1) is 7.96. The van der Waals surface area contributed by atoms with Crippen LogP contribution in [0.4, 0.5) is 0 Å². The van der Waals surface area contributed by atoms with Gasteiger partial charge in [0.25, 0.3) is 0 Å². The van der Waals surface area contributed by atoms with Gasteiger partial charge >= 0.3 is 0 Å². The highest BCUT2D eigenvalue weighted by Gasteiger charge is 2.28. The molecule has 1 aromatic carbocycles. The molecule has 0 bridgehead atoms. The third-order valence-electron chi connectivity index (χ3n) is 3.09. The van der Waals surface area contributed by atoms with Gasteiger partial charge in [0, 0.05) is 15.7 Å². The third-order valence-corrected chi connectivity index (χ3v) is 5.58. The van der Waals surface area contributed by atoms with E-state index in [1.54, 1.807) is 0 Å². The van der Waals surface area contributed by atoms with Gasteiger partial charge in [0.05, 0.1) is 11.5 Å². The Balaban J connectivity index is 1.98. The minimum Gasteiger partial charge on any atom is -0.306 e. The van der Waals surface area contributed by atoms with E-state index in [2.05, 4.69) is 59.1 Å². The lowest BCUT2D eigenvalue weighted by Gasteiger charge is -2.18. The second kappa shape index (κ2) is 5.24. The molecule has 1 fully saturated rings. The summed E-state index contributed by atoms with van der Waals surface area (Å²) < 4.78 is 23.9. The van der Waals surface area contributed by atoms with E-state index < -0.39 is 9.84 Å². The van der Waals surface area contributed by atoms with Gasteiger partial charge in [-0.3, -0.25) is 0 Å². The van der Waals surface area contributed by atoms with Gasteiger partial charge in [-0.05, 0) is 53.6 Å². The van der Waals surface area contributed by atoms with E-state index in [1.807, 2.05) is 0 Å². The molecule has 0 amide bonds. The molecule has 2 atom stereocenters. The van der Waals surface area contributed by atoms with Crippen LogP contribution in [0, 0.1) is 3.57 Å². The van der Waals surface area contributed by atoms with Crippen LogP contribution in [-0.4, -0.2) is 26.0 Å². The normalized spacial score (nSPS) is 24.7. The van der Waals surface area contributed by atoms with Crippen LogP contribution in [0.15, 0.2) is 24.3 Å². The fourth-order valence-electron chi connectivity index (χ4n) is 2.13. The Morgan fingerprint density at radius 1 is 1.35 bits per heavy atom. The van der Waals surface area contributed by atoms with Crippen LogP contribution in [0.2, 0.25) is 0 Å². The van der Waals surface area contributed by atoms with Crippen molar-refractivity contribution >= 4 is 32.4 Å². The van der Waals surface area contributed by atoms with Crippen molar-refractivity contribution in [3.63, 3.8) is 0 Å². The van der Waals surface area contributed by atoms with Crippen LogP contribution in [0.3, 0.4) is 0 Å². The van der Waals surface area contributed by atoms with Gasteiger partial charge in [0.2, 0.25) is 0 Å². The topological polar surface area (TPSA) is 46.2 Å². The molecule has 5 heteroatoms. The summed E-state index contributed by atoms with van der Waals surface area (Å²) in [6, 6.07) is 8.62. The average molecular weight is 365 g/mol. The Hall–Kier alpha value is -0.140. The molecule has 2 unspecified atom stereocenters. The largest absolute Gasteiger partial charge is 0.306 e. The lowest BCUT2D eigenvalue weighted by molar-refractivity contribution is 0.485. The molecule has 3 nitrogen and oxygen atoms in total. The maximum absolute atomic E-state index is 11.4. The molecule has 1 N–H and O–H groups in total. The molecule has 1 heterocycles. The maximum Gasteiger partial charge on any atom is 0.151 e. The number of hydrogen-bond acceptors (Lipinski definition) is 3. The van der Waals surface area contributed by atoms with E-state index in [-0.39, 0.29) is 17.8 Å². The van der Waals surface area contributed by atoms with Gasteiger partial charge < -0.3 is 5.32 Å². The Labute approximate surface area is 116 Å². The van der Waals surface area contributed by atoms with E-state index in [4.69, 9.17) is 0 Å². The van der Waals surface area contributed by atoms with Crippen molar-refractivity contribution in [3.05, 3.63) is 33.4 Å². The molecule has 1 aliphatic rings. The molecule has 1 aliphatic heterocycles. The molecule has 0 saturated carbocycles. The number of halogens is 1. The third kappa shape index (κ3) is 3.66. The standard InChI is InChI=1S/C12H16INO2S/c1-9(10-2-4-11(13)5-3-10)14-12-6-7-17(15,16)8-12/h2-5,9,12,14H,6-8H2,1H3. The zero-order valence-corrected chi connectivity index (χ0v) is 12.7. The van der Waals surface area contributed by atoms with Crippen molar-refractivity contribution < 1.29 is 8.42 Å². The Morgan fingerprint density at radius 3 is 2.53 bits per heavy atom. The first kappa shape index (κ1) is 13.3. The number of benzene rings is 1. The molecule has 1 aromatic rings. The predicted octanol–water partition coefficient (Wildman–Crippen LogP) is 2.13. The molecule has 0 spiro atoms. The van der Waals surface area contributed by atoms with Crippen molar-refractivity contribution in [2.75, 3.05) is 11.5 Å². The molecule has 2 rings (SSSR count). The minimum atomic E-state index is -2.79. The lowest BCUT2D eigenvalue weighted by Crippen LogP contribution is -2.32. The van der Waals surface area contributed by atoms with Crippen molar-refractivity contribution in [1.29, 1.82) is 0 Å². The van der Waals surface area contributed by atoms with Crippen molar-refractivity contribution in [3.8, 4) is 0 Å². The van der Waals surface area contributed by atoms with Gasteiger partial charge in [-0.15, -0.1) is 0 Å². The summed E-state index contributed by atoms with van der Waals surface area (Å²) in [6.07, 6.45) is 0.733. The molecular weight excluding hydrogens is 349 g/mol. The molecule has 0 aliphatic carbocycles. The summed E-state index contributed by atoms with van der Waals surface area (Å²) in [5.74, 6) is 0.603. The van der Waals surface area contributed by atoms with Gasteiger partial charge in [0.1, 0.15) is 0 Å². The first-order valence-corrected chi connectivity index (χ1v) is 8.58. The zero-order valence-electron chi connectivity index (χ0n) is 9.69. The summed E-state index contributed by atoms with van der Waals surface area (Å²) >= 11 is 2.27. The molecule has 0 radical (unpaired) electrons. The quantitative estimate of drug-likeness (QED) is 0.835. The summed E-state index contributed by atoms with van der Waals surface area (Å²) in [4.78, 5) is 0. The second-order valence-electron chi connectivity index (χ2n) is 4.54. The van der Waals surface area contributed by atoms with Gasteiger partial charge in [0.15, 0.2) is 9.84 Å². The SMILES string of the molecule is CC(NC1CCS(=O)(=O)C1)c1ccc(I)cc1. The second-order valence-corrected chi connectivity index (χ2v) is 8.01. The number of hydrogen-bond donors (Lipinski definition) is 1. The summed E-state index contributed by atoms with van der Waals surface area (Å²) in [7, 11) is -2.79. The number of rotatable bonds is 3. The van der Waals surface area contributed by atoms with Crippen molar-refractivity contribution in [1.82, 2.24) is 5.32 Å². The molecule has 0 aromatic heterocycles. The van der Waals surface area contributed by atoms with Crippen LogP contribution in [-0.2, 0) is 9.84 Å². The summed E-state index contributed by atoms with van der Waals surface area (Å²) in [5, 5.41) is 3.39. The van der Waals surface area contributed by atoms with E-state index in [0.29, 0.717) is 5.75 Å². The zero-order chi connectivity index (χ0) is 12.5. The predicted molar refractivity (Wildman–Crippen MR) is 77.8 cm³/mol. The highest BCUT2D eigenvalue weighted by atomic mass is 127. The van der Waals surface area contributed by atoms with Crippen LogP contribution >= 0.6 is 22.6 Å². The van der Waals surface area contributed by atoms with E-state index in [1.165, 1.54) is 9.13 Å². The van der Waals surface area contributed by atoms with Gasteiger partial charge in [-0.25, -0.2) is 8.42 Å². The van der Waals surface area contributed by atoms with E-state index in [0.717, 1.165) is 6.42 Å². The fraction of sp³-hybridized carbons (Fsp3) is 0.500.